The van der Waals surface area contributed by atoms with Gasteiger partial charge in [-0.3, -0.25) is 19.2 Å². The third-order valence-electron chi connectivity index (χ3n) is 3.52. The molecule has 0 heterocycles. The zero-order valence-corrected chi connectivity index (χ0v) is 18.7. The normalized spacial score (nSPS) is 9.88. The summed E-state index contributed by atoms with van der Waals surface area (Å²) in [4.78, 5) is 44.9. The Kier molecular flexibility index (Phi) is 14.0. The molecule has 0 unspecified atom stereocenters. The zero-order chi connectivity index (χ0) is 24.7. The van der Waals surface area contributed by atoms with Crippen LogP contribution in [0.25, 0.3) is 0 Å². The minimum atomic E-state index is -1.81. The van der Waals surface area contributed by atoms with Gasteiger partial charge in [0, 0.05) is 17.7 Å². The highest BCUT2D eigenvalue weighted by atomic mass is 19.1. The van der Waals surface area contributed by atoms with Gasteiger partial charge in [-0.05, 0) is 27.7 Å². The molecule has 0 aliphatic heterocycles. The van der Waals surface area contributed by atoms with E-state index in [0.29, 0.717) is 0 Å². The van der Waals surface area contributed by atoms with Gasteiger partial charge < -0.3 is 23.7 Å². The van der Waals surface area contributed by atoms with Crippen LogP contribution in [0.2, 0.25) is 0 Å². The van der Waals surface area contributed by atoms with Crippen LogP contribution in [0.1, 0.15) is 45.6 Å². The number of rotatable bonds is 10. The molecule has 0 amide bonds. The summed E-state index contributed by atoms with van der Waals surface area (Å²) in [5.74, 6) is -7.26. The molecule has 0 saturated heterocycles. The molecule has 9 nitrogen and oxygen atoms in total. The minimum absolute atomic E-state index is 0.0336. The van der Waals surface area contributed by atoms with E-state index in [1.165, 1.54) is 21.0 Å². The van der Waals surface area contributed by atoms with Crippen molar-refractivity contribution in [3.63, 3.8) is 0 Å². The standard InChI is InChI=1S/C14H16F2O5.C7H12O4/c1-4-20-13(17)12(14(18)21-5-2)11-9(15)6-8(19-3)7-10(11)16;1-3-10-6(8)5-7(9)11-4-2/h6-7,12H,4-5H2,1-3H3;3-5H2,1-2H3. The highest BCUT2D eigenvalue weighted by molar-refractivity contribution is 6.01. The van der Waals surface area contributed by atoms with E-state index in [1.54, 1.807) is 13.8 Å². The Morgan fingerprint density at radius 1 is 0.750 bits per heavy atom. The second kappa shape index (κ2) is 15.5. The van der Waals surface area contributed by atoms with E-state index in [1.807, 2.05) is 0 Å². The summed E-state index contributed by atoms with van der Waals surface area (Å²) in [5, 5.41) is 0. The SMILES string of the molecule is CCOC(=O)C(C(=O)OCC)c1c(F)cc(OC)cc1F.CCOC(=O)CC(=O)OCC. The quantitative estimate of drug-likeness (QED) is 0.294. The molecule has 1 aromatic rings. The molecule has 0 aliphatic rings. The van der Waals surface area contributed by atoms with E-state index in [4.69, 9.17) is 4.74 Å². The molecule has 0 bridgehead atoms. The topological polar surface area (TPSA) is 114 Å². The van der Waals surface area contributed by atoms with Crippen LogP contribution in [0.4, 0.5) is 8.78 Å². The van der Waals surface area contributed by atoms with Crippen molar-refractivity contribution in [2.24, 2.45) is 0 Å². The third kappa shape index (κ3) is 9.71. The fraction of sp³-hybridized carbons (Fsp3) is 0.524. The zero-order valence-electron chi connectivity index (χ0n) is 18.7. The lowest BCUT2D eigenvalue weighted by molar-refractivity contribution is -0.158. The number of ether oxygens (including phenoxy) is 5. The third-order valence-corrected chi connectivity index (χ3v) is 3.52. The number of benzene rings is 1. The average Bonchev–Trinajstić information content (AvgIpc) is 2.71. The first kappa shape index (κ1) is 28.8. The lowest BCUT2D eigenvalue weighted by Gasteiger charge is -2.16. The van der Waals surface area contributed by atoms with Crippen molar-refractivity contribution in [2.75, 3.05) is 33.5 Å². The maximum Gasteiger partial charge on any atom is 0.325 e. The molecule has 0 aliphatic carbocycles. The largest absolute Gasteiger partial charge is 0.497 e. The van der Waals surface area contributed by atoms with E-state index in [0.717, 1.165) is 12.1 Å². The number of methoxy groups -OCH3 is 1. The Morgan fingerprint density at radius 2 is 1.12 bits per heavy atom. The number of hydrogen-bond donors (Lipinski definition) is 0. The fourth-order valence-electron chi connectivity index (χ4n) is 2.28. The highest BCUT2D eigenvalue weighted by Gasteiger charge is 2.36. The van der Waals surface area contributed by atoms with E-state index >= 15 is 0 Å². The van der Waals surface area contributed by atoms with Crippen LogP contribution < -0.4 is 4.74 Å². The maximum atomic E-state index is 14.0. The molecule has 180 valence electrons. The summed E-state index contributed by atoms with van der Waals surface area (Å²) < 4.78 is 51.2. The van der Waals surface area contributed by atoms with Gasteiger partial charge in [-0.15, -0.1) is 0 Å². The molecule has 0 radical (unpaired) electrons. The van der Waals surface area contributed by atoms with Crippen molar-refractivity contribution >= 4 is 23.9 Å². The van der Waals surface area contributed by atoms with Gasteiger partial charge >= 0.3 is 23.9 Å². The molecule has 0 N–H and O–H groups in total. The Labute approximate surface area is 184 Å². The molecule has 0 spiro atoms. The molecule has 11 heteroatoms. The molecular weight excluding hydrogens is 434 g/mol. The van der Waals surface area contributed by atoms with Gasteiger partial charge in [0.25, 0.3) is 0 Å². The number of hydrogen-bond acceptors (Lipinski definition) is 9. The summed E-state index contributed by atoms with van der Waals surface area (Å²) in [5.41, 5.74) is -0.715. The lowest BCUT2D eigenvalue weighted by atomic mass is 9.97. The van der Waals surface area contributed by atoms with Crippen molar-refractivity contribution in [3.05, 3.63) is 29.3 Å². The monoisotopic (exact) mass is 462 g/mol. The van der Waals surface area contributed by atoms with Gasteiger partial charge in [0.05, 0.1) is 33.5 Å². The molecule has 0 aromatic heterocycles. The maximum absolute atomic E-state index is 14.0. The van der Waals surface area contributed by atoms with Gasteiger partial charge in [-0.25, -0.2) is 8.78 Å². The molecule has 1 aromatic carbocycles. The first-order valence-corrected chi connectivity index (χ1v) is 9.83. The molecule has 0 saturated carbocycles. The van der Waals surface area contributed by atoms with Gasteiger partial charge in [0.1, 0.15) is 23.8 Å². The van der Waals surface area contributed by atoms with Crippen molar-refractivity contribution in [2.45, 2.75) is 40.0 Å². The van der Waals surface area contributed by atoms with Crippen LogP contribution in [0.5, 0.6) is 5.75 Å². The van der Waals surface area contributed by atoms with Crippen molar-refractivity contribution < 1.29 is 51.6 Å². The molecular formula is C21H28F2O9. The Balaban J connectivity index is 0.000000739. The molecule has 0 atom stereocenters. The van der Waals surface area contributed by atoms with Gasteiger partial charge in [0.2, 0.25) is 0 Å². The van der Waals surface area contributed by atoms with Crippen LogP contribution in [0.15, 0.2) is 12.1 Å². The first-order valence-electron chi connectivity index (χ1n) is 9.83. The van der Waals surface area contributed by atoms with Crippen LogP contribution >= 0.6 is 0 Å². The number of carbonyl (C=O) groups excluding carboxylic acids is 4. The summed E-state index contributed by atoms with van der Waals surface area (Å²) in [6.07, 6.45) is -0.290. The smallest absolute Gasteiger partial charge is 0.325 e. The Bertz CT molecular complexity index is 724. The van der Waals surface area contributed by atoms with Crippen molar-refractivity contribution in [1.82, 2.24) is 0 Å². The number of halogens is 2. The average molecular weight is 462 g/mol. The second-order valence-electron chi connectivity index (χ2n) is 5.73. The predicted molar refractivity (Wildman–Crippen MR) is 107 cm³/mol. The van der Waals surface area contributed by atoms with E-state index in [-0.39, 0.29) is 38.6 Å². The summed E-state index contributed by atoms with van der Waals surface area (Å²) in [7, 11) is 1.24. The lowest BCUT2D eigenvalue weighted by Crippen LogP contribution is -2.28. The van der Waals surface area contributed by atoms with Crippen LogP contribution in [0.3, 0.4) is 0 Å². The van der Waals surface area contributed by atoms with Crippen LogP contribution in [-0.4, -0.2) is 57.4 Å². The van der Waals surface area contributed by atoms with Gasteiger partial charge in [-0.2, -0.15) is 0 Å². The van der Waals surface area contributed by atoms with E-state index in [2.05, 4.69) is 18.9 Å². The number of carbonyl (C=O) groups is 4. The second-order valence-corrected chi connectivity index (χ2v) is 5.73. The molecule has 1 rings (SSSR count). The van der Waals surface area contributed by atoms with Crippen molar-refractivity contribution in [1.29, 1.82) is 0 Å². The predicted octanol–water partition coefficient (Wildman–Crippen LogP) is 2.69. The van der Waals surface area contributed by atoms with Crippen LogP contribution in [-0.2, 0) is 38.1 Å². The van der Waals surface area contributed by atoms with Crippen LogP contribution in [0, 0.1) is 11.6 Å². The summed E-state index contributed by atoms with van der Waals surface area (Å²) in [6.45, 7) is 6.91. The van der Waals surface area contributed by atoms with E-state index < -0.39 is 47.0 Å². The van der Waals surface area contributed by atoms with Crippen molar-refractivity contribution in [3.8, 4) is 5.75 Å². The summed E-state index contributed by atoms with van der Waals surface area (Å²) in [6, 6.07) is 1.76. The molecule has 0 fully saturated rings. The van der Waals surface area contributed by atoms with Gasteiger partial charge in [0.15, 0.2) is 5.92 Å². The first-order chi connectivity index (χ1) is 15.2. The highest BCUT2D eigenvalue weighted by Crippen LogP contribution is 2.29. The van der Waals surface area contributed by atoms with E-state index in [9.17, 15) is 28.0 Å². The fourth-order valence-corrected chi connectivity index (χ4v) is 2.28. The molecule has 32 heavy (non-hydrogen) atoms. The minimum Gasteiger partial charge on any atom is -0.497 e. The summed E-state index contributed by atoms with van der Waals surface area (Å²) >= 11 is 0. The Morgan fingerprint density at radius 3 is 1.44 bits per heavy atom. The van der Waals surface area contributed by atoms with Gasteiger partial charge in [-0.1, -0.05) is 0 Å². The number of esters is 4. The Hall–Kier alpha value is -3.24.